The van der Waals surface area contributed by atoms with Crippen LogP contribution < -0.4 is 0 Å². The van der Waals surface area contributed by atoms with Gasteiger partial charge in [-0.25, -0.2) is 0 Å². The van der Waals surface area contributed by atoms with Gasteiger partial charge in [-0.15, -0.1) is 0 Å². The van der Waals surface area contributed by atoms with Crippen molar-refractivity contribution in [1.82, 2.24) is 0 Å². The minimum absolute atomic E-state index is 0.332. The van der Waals surface area contributed by atoms with Crippen molar-refractivity contribution in [1.29, 1.82) is 0 Å². The Morgan fingerprint density at radius 1 is 1.67 bits per heavy atom. The molecule has 0 aliphatic carbocycles. The van der Waals surface area contributed by atoms with Crippen LogP contribution >= 0.6 is 0 Å². The Balaban J connectivity index is 2.45. The van der Waals surface area contributed by atoms with Crippen LogP contribution in [0.2, 0.25) is 0 Å². The molecule has 0 radical (unpaired) electrons. The fourth-order valence-corrected chi connectivity index (χ4v) is 1.26. The third-order valence-corrected chi connectivity index (χ3v) is 1.95. The highest BCUT2D eigenvalue weighted by Crippen LogP contribution is 2.22. The molecule has 0 spiro atoms. The van der Waals surface area contributed by atoms with E-state index in [0.717, 1.165) is 0 Å². The molecule has 0 bridgehead atoms. The van der Waals surface area contributed by atoms with Gasteiger partial charge in [-0.2, -0.15) is 0 Å². The van der Waals surface area contributed by atoms with Crippen LogP contribution in [0, 0.1) is 0 Å². The van der Waals surface area contributed by atoms with Gasteiger partial charge in [0.05, 0.1) is 12.7 Å². The molecule has 5 nitrogen and oxygen atoms in total. The van der Waals surface area contributed by atoms with Crippen LogP contribution in [-0.4, -0.2) is 53.6 Å². The number of aliphatic hydroxyl groups excluding tert-OH is 3. The molecule has 3 N–H and O–H groups in total. The Kier molecular flexibility index (Phi) is 3.42. The zero-order valence-corrected chi connectivity index (χ0v) is 6.88. The van der Waals surface area contributed by atoms with Crippen molar-refractivity contribution in [3.05, 3.63) is 0 Å². The van der Waals surface area contributed by atoms with Crippen molar-refractivity contribution in [3.63, 3.8) is 0 Å². The van der Waals surface area contributed by atoms with E-state index in [-0.39, 0.29) is 0 Å². The standard InChI is InChI=1S/C7H14O5/c1-11-6-2-4(9)7(12-6)5(10)3-8/h4-10H,2-3H2,1H3/t4-,5-,6+,7+/m1/s1. The Labute approximate surface area is 70.5 Å². The molecule has 0 unspecified atom stereocenters. The van der Waals surface area contributed by atoms with Gasteiger partial charge < -0.3 is 24.8 Å². The molecule has 12 heavy (non-hydrogen) atoms. The number of aliphatic hydroxyl groups is 3. The van der Waals surface area contributed by atoms with Crippen LogP contribution in [0.15, 0.2) is 0 Å². The average Bonchev–Trinajstić information content (AvgIpc) is 2.45. The molecule has 1 aliphatic heterocycles. The highest BCUT2D eigenvalue weighted by molar-refractivity contribution is 4.83. The van der Waals surface area contributed by atoms with Crippen molar-refractivity contribution in [2.45, 2.75) is 31.0 Å². The minimum Gasteiger partial charge on any atom is -0.394 e. The molecule has 1 fully saturated rings. The van der Waals surface area contributed by atoms with Crippen molar-refractivity contribution >= 4 is 0 Å². The van der Waals surface area contributed by atoms with Crippen molar-refractivity contribution in [2.75, 3.05) is 13.7 Å². The molecular formula is C7H14O5. The first-order valence-electron chi connectivity index (χ1n) is 3.84. The normalized spacial score (nSPS) is 38.5. The lowest BCUT2D eigenvalue weighted by atomic mass is 10.1. The molecule has 1 aliphatic rings. The van der Waals surface area contributed by atoms with E-state index in [4.69, 9.17) is 19.7 Å². The topological polar surface area (TPSA) is 79.2 Å². The predicted molar refractivity (Wildman–Crippen MR) is 39.4 cm³/mol. The van der Waals surface area contributed by atoms with Crippen molar-refractivity contribution in [3.8, 4) is 0 Å². The molecule has 0 saturated carbocycles. The maximum atomic E-state index is 9.32. The van der Waals surface area contributed by atoms with Crippen LogP contribution in [0.1, 0.15) is 6.42 Å². The molecule has 1 saturated heterocycles. The van der Waals surface area contributed by atoms with E-state index in [9.17, 15) is 5.11 Å². The van der Waals surface area contributed by atoms with Crippen LogP contribution in [0.5, 0.6) is 0 Å². The molecule has 0 amide bonds. The first-order chi connectivity index (χ1) is 5.69. The quantitative estimate of drug-likeness (QED) is 0.488. The average molecular weight is 178 g/mol. The van der Waals surface area contributed by atoms with E-state index in [0.29, 0.717) is 6.42 Å². The van der Waals surface area contributed by atoms with Gasteiger partial charge in [0.25, 0.3) is 0 Å². The highest BCUT2D eigenvalue weighted by atomic mass is 16.7. The molecule has 1 rings (SSSR count). The van der Waals surface area contributed by atoms with E-state index < -0.39 is 31.2 Å². The van der Waals surface area contributed by atoms with Gasteiger partial charge in [0.1, 0.15) is 12.2 Å². The van der Waals surface area contributed by atoms with Crippen LogP contribution in [0.4, 0.5) is 0 Å². The molecule has 4 atom stereocenters. The van der Waals surface area contributed by atoms with Crippen LogP contribution in [-0.2, 0) is 9.47 Å². The zero-order valence-electron chi connectivity index (χ0n) is 6.88. The Morgan fingerprint density at radius 3 is 2.75 bits per heavy atom. The maximum absolute atomic E-state index is 9.32. The lowest BCUT2D eigenvalue weighted by Gasteiger charge is -2.18. The summed E-state index contributed by atoms with van der Waals surface area (Å²) < 4.78 is 9.92. The molecule has 0 aromatic heterocycles. The van der Waals surface area contributed by atoms with Crippen molar-refractivity contribution in [2.24, 2.45) is 0 Å². The molecule has 1 heterocycles. The van der Waals surface area contributed by atoms with E-state index in [2.05, 4.69) is 0 Å². The van der Waals surface area contributed by atoms with Gasteiger partial charge in [-0.3, -0.25) is 0 Å². The van der Waals surface area contributed by atoms with Gasteiger partial charge in [-0.05, 0) is 0 Å². The second-order valence-electron chi connectivity index (χ2n) is 2.82. The summed E-state index contributed by atoms with van der Waals surface area (Å²) in [5, 5.41) is 27.1. The largest absolute Gasteiger partial charge is 0.394 e. The van der Waals surface area contributed by atoms with Gasteiger partial charge in [0, 0.05) is 13.5 Å². The number of rotatable bonds is 3. The Hall–Kier alpha value is -0.200. The third kappa shape index (κ3) is 1.94. The molecular weight excluding hydrogens is 164 g/mol. The molecule has 72 valence electrons. The van der Waals surface area contributed by atoms with Gasteiger partial charge in [-0.1, -0.05) is 0 Å². The fourth-order valence-electron chi connectivity index (χ4n) is 1.26. The smallest absolute Gasteiger partial charge is 0.160 e. The van der Waals surface area contributed by atoms with E-state index in [1.54, 1.807) is 0 Å². The summed E-state index contributed by atoms with van der Waals surface area (Å²) in [6, 6.07) is 0. The minimum atomic E-state index is -1.04. The third-order valence-electron chi connectivity index (χ3n) is 1.95. The second kappa shape index (κ2) is 4.15. The SMILES string of the molecule is CO[C@@H]1C[C@@H](O)[C@@H]([C@H](O)CO)O1. The predicted octanol–water partition coefficient (Wildman–Crippen LogP) is -1.54. The van der Waals surface area contributed by atoms with E-state index >= 15 is 0 Å². The Morgan fingerprint density at radius 2 is 2.33 bits per heavy atom. The Bertz CT molecular complexity index is 140. The van der Waals surface area contributed by atoms with Crippen LogP contribution in [0.3, 0.4) is 0 Å². The summed E-state index contributed by atoms with van der Waals surface area (Å²) in [6.07, 6.45) is -2.69. The van der Waals surface area contributed by atoms with E-state index in [1.165, 1.54) is 7.11 Å². The number of ether oxygens (including phenoxy) is 2. The lowest BCUT2D eigenvalue weighted by molar-refractivity contribution is -0.150. The van der Waals surface area contributed by atoms with Crippen molar-refractivity contribution < 1.29 is 24.8 Å². The molecule has 5 heteroatoms. The highest BCUT2D eigenvalue weighted by Gasteiger charge is 2.38. The van der Waals surface area contributed by atoms with Gasteiger partial charge in [0.2, 0.25) is 0 Å². The first kappa shape index (κ1) is 9.88. The number of hydrogen-bond donors (Lipinski definition) is 3. The summed E-state index contributed by atoms with van der Waals surface area (Å²) in [5.74, 6) is 0. The lowest BCUT2D eigenvalue weighted by Crippen LogP contribution is -2.36. The summed E-state index contributed by atoms with van der Waals surface area (Å²) in [4.78, 5) is 0. The van der Waals surface area contributed by atoms with Gasteiger partial charge in [0.15, 0.2) is 6.29 Å². The molecule has 0 aromatic carbocycles. The monoisotopic (exact) mass is 178 g/mol. The molecule has 0 aromatic rings. The summed E-state index contributed by atoms with van der Waals surface area (Å²) in [7, 11) is 1.46. The van der Waals surface area contributed by atoms with E-state index in [1.807, 2.05) is 0 Å². The zero-order chi connectivity index (χ0) is 9.14. The number of hydrogen-bond acceptors (Lipinski definition) is 5. The maximum Gasteiger partial charge on any atom is 0.160 e. The summed E-state index contributed by atoms with van der Waals surface area (Å²) in [5.41, 5.74) is 0. The first-order valence-corrected chi connectivity index (χ1v) is 3.84. The summed E-state index contributed by atoms with van der Waals surface area (Å²) >= 11 is 0. The number of methoxy groups -OCH3 is 1. The second-order valence-corrected chi connectivity index (χ2v) is 2.82. The van der Waals surface area contributed by atoms with Gasteiger partial charge >= 0.3 is 0 Å². The van der Waals surface area contributed by atoms with Crippen LogP contribution in [0.25, 0.3) is 0 Å². The fraction of sp³-hybridized carbons (Fsp3) is 1.00. The summed E-state index contributed by atoms with van der Waals surface area (Å²) in [6.45, 7) is -0.418.